The number of hydrogen-bond donors (Lipinski definition) is 0. The maximum Gasteiger partial charge on any atom is 0.251 e. The maximum atomic E-state index is 12.6. The molecule has 1 aromatic carbocycles. The molecule has 0 atom stereocenters. The molecule has 0 aliphatic rings. The fraction of sp³-hybridized carbons (Fsp3) is 0.111. The van der Waals surface area contributed by atoms with Crippen LogP contribution >= 0.6 is 0 Å². The van der Waals surface area contributed by atoms with Gasteiger partial charge in [0.25, 0.3) is 5.69 Å². The van der Waals surface area contributed by atoms with Crippen molar-refractivity contribution in [3.8, 4) is 11.3 Å². The molecular formula is C9H7FN2O2. The van der Waals surface area contributed by atoms with Crippen LogP contribution in [0, 0.1) is 17.9 Å². The Balaban J connectivity index is 2.49. The van der Waals surface area contributed by atoms with E-state index in [9.17, 15) is 9.60 Å². The van der Waals surface area contributed by atoms with Gasteiger partial charge in [0.05, 0.1) is 0 Å². The lowest BCUT2D eigenvalue weighted by atomic mass is 10.1. The second-order valence-corrected chi connectivity index (χ2v) is 2.87. The van der Waals surface area contributed by atoms with Crippen LogP contribution in [-0.2, 0) is 0 Å². The number of hydrogen-bond acceptors (Lipinski definition) is 3. The van der Waals surface area contributed by atoms with Crippen molar-refractivity contribution in [2.45, 2.75) is 6.92 Å². The average molecular weight is 194 g/mol. The molecule has 5 heteroatoms. The molecule has 4 nitrogen and oxygen atoms in total. The standard InChI is InChI=1S/C9H7FN2O2/c1-6-9(11-14-12(6)13)7-2-4-8(10)5-3-7/h2-5H,1H3. The molecular weight excluding hydrogens is 187 g/mol. The Morgan fingerprint density at radius 3 is 2.50 bits per heavy atom. The number of aromatic nitrogens is 2. The largest absolute Gasteiger partial charge is 0.359 e. The summed E-state index contributed by atoms with van der Waals surface area (Å²) in [6, 6.07) is 5.69. The van der Waals surface area contributed by atoms with Gasteiger partial charge in [-0.25, -0.2) is 4.39 Å². The average Bonchev–Trinajstić information content (AvgIpc) is 2.50. The summed E-state index contributed by atoms with van der Waals surface area (Å²) in [5.41, 5.74) is 1.44. The molecule has 72 valence electrons. The minimum Gasteiger partial charge on any atom is -0.359 e. The summed E-state index contributed by atoms with van der Waals surface area (Å²) in [7, 11) is 0. The zero-order valence-corrected chi connectivity index (χ0v) is 7.40. The molecule has 0 spiro atoms. The van der Waals surface area contributed by atoms with Crippen molar-refractivity contribution in [3.63, 3.8) is 0 Å². The first-order chi connectivity index (χ1) is 6.68. The lowest BCUT2D eigenvalue weighted by Gasteiger charge is -1.92. The summed E-state index contributed by atoms with van der Waals surface area (Å²) in [5.74, 6) is -0.329. The van der Waals surface area contributed by atoms with Gasteiger partial charge in [0.1, 0.15) is 5.82 Å². The molecule has 2 aromatic rings. The van der Waals surface area contributed by atoms with E-state index in [-0.39, 0.29) is 5.82 Å². The first-order valence-corrected chi connectivity index (χ1v) is 4.01. The van der Waals surface area contributed by atoms with Gasteiger partial charge >= 0.3 is 0 Å². The minimum atomic E-state index is -0.329. The highest BCUT2D eigenvalue weighted by atomic mass is 19.1. The van der Waals surface area contributed by atoms with E-state index in [1.165, 1.54) is 12.1 Å². The summed E-state index contributed by atoms with van der Waals surface area (Å²) in [5, 5.41) is 14.5. The van der Waals surface area contributed by atoms with E-state index in [4.69, 9.17) is 0 Å². The van der Waals surface area contributed by atoms with Crippen LogP contribution in [0.5, 0.6) is 0 Å². The quantitative estimate of drug-likeness (QED) is 0.645. The molecule has 0 fully saturated rings. The van der Waals surface area contributed by atoms with Gasteiger partial charge < -0.3 is 5.21 Å². The smallest absolute Gasteiger partial charge is 0.251 e. The van der Waals surface area contributed by atoms with Crippen molar-refractivity contribution >= 4 is 0 Å². The summed E-state index contributed by atoms with van der Waals surface area (Å²) in [6.07, 6.45) is 0. The van der Waals surface area contributed by atoms with Gasteiger partial charge in [-0.2, -0.15) is 0 Å². The van der Waals surface area contributed by atoms with Crippen molar-refractivity contribution in [1.29, 1.82) is 0 Å². The molecule has 1 heterocycles. The highest BCUT2D eigenvalue weighted by Crippen LogP contribution is 2.18. The van der Waals surface area contributed by atoms with Crippen molar-refractivity contribution in [2.75, 3.05) is 0 Å². The molecule has 0 radical (unpaired) electrons. The van der Waals surface area contributed by atoms with E-state index in [0.717, 1.165) is 0 Å². The van der Waals surface area contributed by atoms with E-state index in [0.29, 0.717) is 21.9 Å². The Bertz CT molecular complexity index is 450. The molecule has 0 amide bonds. The van der Waals surface area contributed by atoms with Crippen molar-refractivity contribution in [2.24, 2.45) is 0 Å². The topological polar surface area (TPSA) is 53.0 Å². The summed E-state index contributed by atoms with van der Waals surface area (Å²) in [4.78, 5) is 0.318. The Labute approximate surface area is 79.1 Å². The molecule has 14 heavy (non-hydrogen) atoms. The monoisotopic (exact) mass is 194 g/mol. The van der Waals surface area contributed by atoms with E-state index >= 15 is 0 Å². The molecule has 0 saturated heterocycles. The van der Waals surface area contributed by atoms with Crippen LogP contribution in [0.3, 0.4) is 0 Å². The van der Waals surface area contributed by atoms with E-state index in [1.807, 2.05) is 0 Å². The van der Waals surface area contributed by atoms with Crippen molar-refractivity contribution in [1.82, 2.24) is 5.16 Å². The summed E-state index contributed by atoms with van der Waals surface area (Å²) in [6.45, 7) is 1.59. The molecule has 0 unspecified atom stereocenters. The fourth-order valence-corrected chi connectivity index (χ4v) is 1.16. The fourth-order valence-electron chi connectivity index (χ4n) is 1.16. The molecule has 2 rings (SSSR count). The summed E-state index contributed by atoms with van der Waals surface area (Å²) < 4.78 is 17.0. The van der Waals surface area contributed by atoms with Gasteiger partial charge in [0.2, 0.25) is 5.69 Å². The summed E-state index contributed by atoms with van der Waals surface area (Å²) >= 11 is 0. The normalized spacial score (nSPS) is 10.4. The van der Waals surface area contributed by atoms with Gasteiger partial charge in [0.15, 0.2) is 0 Å². The van der Waals surface area contributed by atoms with Gasteiger partial charge in [-0.15, -0.1) is 0 Å². The maximum absolute atomic E-state index is 12.6. The molecule has 0 saturated carbocycles. The minimum absolute atomic E-state index is 0.318. The Morgan fingerprint density at radius 2 is 2.00 bits per heavy atom. The number of nitrogens with zero attached hydrogens (tertiary/aromatic N) is 2. The Kier molecular flexibility index (Phi) is 1.92. The van der Waals surface area contributed by atoms with Crippen LogP contribution in [0.1, 0.15) is 5.69 Å². The van der Waals surface area contributed by atoms with E-state index in [1.54, 1.807) is 19.1 Å². The molecule has 0 bridgehead atoms. The van der Waals surface area contributed by atoms with Crippen LogP contribution in [0.2, 0.25) is 0 Å². The molecule has 1 aromatic heterocycles. The number of halogens is 1. The van der Waals surface area contributed by atoms with Gasteiger partial charge in [-0.05, 0) is 29.2 Å². The lowest BCUT2D eigenvalue weighted by molar-refractivity contribution is -0.806. The van der Waals surface area contributed by atoms with Crippen molar-refractivity contribution < 1.29 is 13.9 Å². The van der Waals surface area contributed by atoms with Crippen LogP contribution in [-0.4, -0.2) is 5.16 Å². The number of benzene rings is 1. The van der Waals surface area contributed by atoms with Crippen LogP contribution < -0.4 is 4.90 Å². The van der Waals surface area contributed by atoms with E-state index in [2.05, 4.69) is 9.79 Å². The first-order valence-electron chi connectivity index (χ1n) is 4.01. The number of rotatable bonds is 1. The van der Waals surface area contributed by atoms with Crippen LogP contribution in [0.15, 0.2) is 28.9 Å². The molecule has 0 aliphatic heterocycles. The van der Waals surface area contributed by atoms with Crippen LogP contribution in [0.4, 0.5) is 4.39 Å². The Morgan fingerprint density at radius 1 is 1.36 bits per heavy atom. The highest BCUT2D eigenvalue weighted by Gasteiger charge is 2.15. The third-order valence-electron chi connectivity index (χ3n) is 1.94. The van der Waals surface area contributed by atoms with Crippen LogP contribution in [0.25, 0.3) is 11.3 Å². The lowest BCUT2D eigenvalue weighted by Crippen LogP contribution is -2.25. The van der Waals surface area contributed by atoms with E-state index < -0.39 is 0 Å². The zero-order valence-electron chi connectivity index (χ0n) is 7.40. The zero-order chi connectivity index (χ0) is 10.1. The SMILES string of the molecule is Cc1c(-c2ccc(F)cc2)no[n+]1[O-]. The third-order valence-corrected chi connectivity index (χ3v) is 1.94. The second kappa shape index (κ2) is 3.10. The second-order valence-electron chi connectivity index (χ2n) is 2.87. The Hall–Kier alpha value is -1.91. The van der Waals surface area contributed by atoms with Gasteiger partial charge in [-0.1, -0.05) is 0 Å². The molecule has 0 aliphatic carbocycles. The predicted octanol–water partition coefficient (Wildman–Crippen LogP) is 1.42. The third kappa shape index (κ3) is 1.32. The van der Waals surface area contributed by atoms with Gasteiger partial charge in [0, 0.05) is 17.6 Å². The highest BCUT2D eigenvalue weighted by molar-refractivity contribution is 5.59. The van der Waals surface area contributed by atoms with Gasteiger partial charge in [-0.3, -0.25) is 4.63 Å². The first kappa shape index (κ1) is 8.68. The predicted molar refractivity (Wildman–Crippen MR) is 45.6 cm³/mol. The van der Waals surface area contributed by atoms with Crippen molar-refractivity contribution in [3.05, 3.63) is 41.0 Å². The molecule has 0 N–H and O–H groups in total.